The van der Waals surface area contributed by atoms with Crippen LogP contribution < -0.4 is 0 Å². The first-order valence-electron chi connectivity index (χ1n) is 5.03. The summed E-state index contributed by atoms with van der Waals surface area (Å²) in [5, 5.41) is 9.38. The Morgan fingerprint density at radius 2 is 2.38 bits per heavy atom. The van der Waals surface area contributed by atoms with Crippen LogP contribution >= 0.6 is 11.8 Å². The van der Waals surface area contributed by atoms with Gasteiger partial charge in [0.15, 0.2) is 5.16 Å². The van der Waals surface area contributed by atoms with Crippen LogP contribution in [-0.2, 0) is 4.79 Å². The van der Waals surface area contributed by atoms with Crippen molar-refractivity contribution in [1.29, 1.82) is 0 Å². The lowest BCUT2D eigenvalue weighted by Gasteiger charge is -2.19. The van der Waals surface area contributed by atoms with Gasteiger partial charge in [-0.25, -0.2) is 4.98 Å². The Balaban J connectivity index is 2.65. The number of aliphatic carboxylic acids is 1. The zero-order valence-corrected chi connectivity index (χ0v) is 10.6. The molecule has 1 aromatic rings. The predicted molar refractivity (Wildman–Crippen MR) is 63.9 cm³/mol. The Hall–Kier alpha value is -1.01. The van der Waals surface area contributed by atoms with E-state index in [2.05, 4.69) is 16.8 Å². The second-order valence-corrected chi connectivity index (χ2v) is 4.85. The molecule has 0 spiro atoms. The van der Waals surface area contributed by atoms with E-state index in [9.17, 15) is 4.79 Å². The molecule has 5 nitrogen and oxygen atoms in total. The van der Waals surface area contributed by atoms with Crippen LogP contribution in [0.4, 0.5) is 0 Å². The van der Waals surface area contributed by atoms with E-state index in [-0.39, 0.29) is 11.8 Å². The molecule has 0 fully saturated rings. The molecule has 0 amide bonds. The average molecular weight is 243 g/mol. The number of carbonyl (C=O) groups is 1. The van der Waals surface area contributed by atoms with Crippen LogP contribution in [0.3, 0.4) is 0 Å². The monoisotopic (exact) mass is 243 g/mol. The lowest BCUT2D eigenvalue weighted by atomic mass is 10.3. The fraction of sp³-hybridized carbons (Fsp3) is 0.600. The number of hydrogen-bond acceptors (Lipinski definition) is 4. The first kappa shape index (κ1) is 13.1. The van der Waals surface area contributed by atoms with Gasteiger partial charge in [-0.15, -0.1) is 0 Å². The molecule has 0 aromatic carbocycles. The molecule has 16 heavy (non-hydrogen) atoms. The number of imidazole rings is 1. The minimum Gasteiger partial charge on any atom is -0.481 e. The average Bonchev–Trinajstić information content (AvgIpc) is 2.61. The number of aromatic nitrogens is 2. The zero-order valence-electron chi connectivity index (χ0n) is 9.75. The van der Waals surface area contributed by atoms with Gasteiger partial charge in [-0.3, -0.25) is 4.79 Å². The quantitative estimate of drug-likeness (QED) is 0.760. The molecule has 0 aliphatic carbocycles. The molecule has 0 radical (unpaired) electrons. The summed E-state index contributed by atoms with van der Waals surface area (Å²) in [5.41, 5.74) is 0. The van der Waals surface area contributed by atoms with E-state index < -0.39 is 5.97 Å². The SMILES string of the molecule is CC(CN(C)C)n1ccnc1SCC(=O)O. The van der Waals surface area contributed by atoms with Gasteiger partial charge in [-0.05, 0) is 21.0 Å². The Kier molecular flexibility index (Phi) is 4.82. The van der Waals surface area contributed by atoms with E-state index >= 15 is 0 Å². The van der Waals surface area contributed by atoms with E-state index in [1.807, 2.05) is 24.9 Å². The Labute approximate surface area is 99.5 Å². The van der Waals surface area contributed by atoms with Crippen molar-refractivity contribution in [2.45, 2.75) is 18.1 Å². The third kappa shape index (κ3) is 3.86. The van der Waals surface area contributed by atoms with Crippen LogP contribution in [-0.4, -0.2) is 51.9 Å². The lowest BCUT2D eigenvalue weighted by Crippen LogP contribution is -2.22. The molecule has 90 valence electrons. The van der Waals surface area contributed by atoms with Gasteiger partial charge < -0.3 is 14.6 Å². The standard InChI is InChI=1S/C10H17N3O2S/c1-8(6-12(2)3)13-5-4-11-10(13)16-7-9(14)15/h4-5,8H,6-7H2,1-3H3,(H,14,15). The van der Waals surface area contributed by atoms with Crippen molar-refractivity contribution in [3.63, 3.8) is 0 Å². The minimum absolute atomic E-state index is 0.0473. The first-order chi connectivity index (χ1) is 7.50. The fourth-order valence-corrected chi connectivity index (χ4v) is 2.27. The van der Waals surface area contributed by atoms with Crippen molar-refractivity contribution < 1.29 is 9.90 Å². The van der Waals surface area contributed by atoms with Crippen LogP contribution in [0.2, 0.25) is 0 Å². The smallest absolute Gasteiger partial charge is 0.313 e. The summed E-state index contributed by atoms with van der Waals surface area (Å²) in [6.07, 6.45) is 3.59. The molecule has 1 heterocycles. The summed E-state index contributed by atoms with van der Waals surface area (Å²) in [6, 6.07) is 0.286. The molecule has 0 aliphatic rings. The number of hydrogen-bond donors (Lipinski definition) is 1. The highest BCUT2D eigenvalue weighted by molar-refractivity contribution is 7.99. The van der Waals surface area contributed by atoms with E-state index in [1.165, 1.54) is 11.8 Å². The van der Waals surface area contributed by atoms with Gasteiger partial charge in [0.1, 0.15) is 0 Å². The molecule has 6 heteroatoms. The van der Waals surface area contributed by atoms with Crippen molar-refractivity contribution >= 4 is 17.7 Å². The third-order valence-electron chi connectivity index (χ3n) is 2.06. The topological polar surface area (TPSA) is 58.4 Å². The van der Waals surface area contributed by atoms with Gasteiger partial charge >= 0.3 is 5.97 Å². The van der Waals surface area contributed by atoms with Crippen molar-refractivity contribution in [3.8, 4) is 0 Å². The summed E-state index contributed by atoms with van der Waals surface area (Å²) in [6.45, 7) is 2.99. The highest BCUT2D eigenvalue weighted by atomic mass is 32.2. The number of thioether (sulfide) groups is 1. The van der Waals surface area contributed by atoms with Gasteiger partial charge in [-0.2, -0.15) is 0 Å². The normalized spacial score (nSPS) is 13.0. The molecule has 0 aliphatic heterocycles. The van der Waals surface area contributed by atoms with Gasteiger partial charge in [0.25, 0.3) is 0 Å². The Morgan fingerprint density at radius 3 is 2.94 bits per heavy atom. The maximum absolute atomic E-state index is 10.5. The highest BCUT2D eigenvalue weighted by Crippen LogP contribution is 2.20. The van der Waals surface area contributed by atoms with Crippen LogP contribution in [0.1, 0.15) is 13.0 Å². The van der Waals surface area contributed by atoms with Crippen molar-refractivity contribution in [2.24, 2.45) is 0 Å². The van der Waals surface area contributed by atoms with E-state index in [0.29, 0.717) is 0 Å². The predicted octanol–water partition coefficient (Wildman–Crippen LogP) is 1.18. The summed E-state index contributed by atoms with van der Waals surface area (Å²) in [7, 11) is 4.02. The largest absolute Gasteiger partial charge is 0.481 e. The van der Waals surface area contributed by atoms with E-state index in [4.69, 9.17) is 5.11 Å². The number of likely N-dealkylation sites (N-methyl/N-ethyl adjacent to an activating group) is 1. The maximum atomic E-state index is 10.5. The lowest BCUT2D eigenvalue weighted by molar-refractivity contribution is -0.133. The first-order valence-corrected chi connectivity index (χ1v) is 6.01. The molecule has 0 saturated heterocycles. The molecule has 1 rings (SSSR count). The third-order valence-corrected chi connectivity index (χ3v) is 3.03. The van der Waals surface area contributed by atoms with Crippen molar-refractivity contribution in [2.75, 3.05) is 26.4 Å². The van der Waals surface area contributed by atoms with E-state index in [0.717, 1.165) is 11.7 Å². The van der Waals surface area contributed by atoms with Crippen LogP contribution in [0.25, 0.3) is 0 Å². The van der Waals surface area contributed by atoms with Crippen molar-refractivity contribution in [1.82, 2.24) is 14.5 Å². The fourth-order valence-electron chi connectivity index (χ4n) is 1.49. The van der Waals surface area contributed by atoms with Crippen LogP contribution in [0, 0.1) is 0 Å². The molecular formula is C10H17N3O2S. The molecular weight excluding hydrogens is 226 g/mol. The van der Waals surface area contributed by atoms with Crippen LogP contribution in [0.15, 0.2) is 17.6 Å². The van der Waals surface area contributed by atoms with Gasteiger partial charge in [-0.1, -0.05) is 11.8 Å². The molecule has 1 N–H and O–H groups in total. The summed E-state index contributed by atoms with van der Waals surface area (Å²) < 4.78 is 2.01. The number of carboxylic acid groups (broad SMARTS) is 1. The molecule has 1 aromatic heterocycles. The van der Waals surface area contributed by atoms with Gasteiger partial charge in [0.2, 0.25) is 0 Å². The highest BCUT2D eigenvalue weighted by Gasteiger charge is 2.12. The Bertz CT molecular complexity index is 352. The molecule has 0 bridgehead atoms. The minimum atomic E-state index is -0.820. The van der Waals surface area contributed by atoms with Crippen molar-refractivity contribution in [3.05, 3.63) is 12.4 Å². The second kappa shape index (κ2) is 5.91. The van der Waals surface area contributed by atoms with Crippen LogP contribution in [0.5, 0.6) is 0 Å². The summed E-state index contributed by atoms with van der Waals surface area (Å²) >= 11 is 1.25. The maximum Gasteiger partial charge on any atom is 0.313 e. The number of rotatable bonds is 6. The molecule has 1 unspecified atom stereocenters. The summed E-state index contributed by atoms with van der Waals surface area (Å²) in [4.78, 5) is 16.7. The van der Waals surface area contributed by atoms with Gasteiger partial charge in [0, 0.05) is 25.0 Å². The summed E-state index contributed by atoms with van der Waals surface area (Å²) in [5.74, 6) is -0.772. The molecule has 0 saturated carbocycles. The zero-order chi connectivity index (χ0) is 12.1. The van der Waals surface area contributed by atoms with Gasteiger partial charge in [0.05, 0.1) is 5.75 Å². The number of carboxylic acids is 1. The second-order valence-electron chi connectivity index (χ2n) is 3.91. The molecule has 1 atom stereocenters. The Morgan fingerprint density at radius 1 is 1.69 bits per heavy atom. The number of nitrogens with zero attached hydrogens (tertiary/aromatic N) is 3. The van der Waals surface area contributed by atoms with E-state index in [1.54, 1.807) is 6.20 Å².